The Kier molecular flexibility index (Phi) is 7.84. The van der Waals surface area contributed by atoms with Crippen LogP contribution in [0.15, 0.2) is 96.1 Å². The molecular formula is C27H31N4O+. The number of hydrazone groups is 1. The van der Waals surface area contributed by atoms with Crippen molar-refractivity contribution in [1.29, 1.82) is 0 Å². The molecule has 3 N–H and O–H groups in total. The average Bonchev–Trinajstić information content (AvgIpc) is 2.83. The molecule has 0 aliphatic heterocycles. The van der Waals surface area contributed by atoms with Gasteiger partial charge < -0.3 is 15.4 Å². The minimum absolute atomic E-state index is 0.838. The van der Waals surface area contributed by atoms with Crippen LogP contribution < -0.4 is 20.4 Å². The lowest BCUT2D eigenvalue weighted by molar-refractivity contribution is -0.539. The predicted octanol–water partition coefficient (Wildman–Crippen LogP) is 5.35. The number of allylic oxidation sites excluding steroid dienone is 2. The number of quaternary nitrogens is 1. The lowest BCUT2D eigenvalue weighted by Gasteiger charge is -2.16. The second-order valence-corrected chi connectivity index (χ2v) is 7.39. The summed E-state index contributed by atoms with van der Waals surface area (Å²) in [5, 5.41) is 12.0. The Hall–Kier alpha value is -3.83. The van der Waals surface area contributed by atoms with Crippen LogP contribution in [0.3, 0.4) is 0 Å². The molecule has 0 saturated heterocycles. The molecule has 0 bridgehead atoms. The van der Waals surface area contributed by atoms with E-state index in [9.17, 15) is 0 Å². The first kappa shape index (κ1) is 22.8. The number of hydrogen-bond acceptors (Lipinski definition) is 4. The van der Waals surface area contributed by atoms with Crippen molar-refractivity contribution >= 4 is 34.5 Å². The zero-order valence-corrected chi connectivity index (χ0v) is 19.2. The number of ether oxygens (including phenoxy) is 1. The summed E-state index contributed by atoms with van der Waals surface area (Å²) in [5.41, 5.74) is 7.11. The van der Waals surface area contributed by atoms with Crippen molar-refractivity contribution in [2.75, 3.05) is 31.5 Å². The van der Waals surface area contributed by atoms with E-state index in [1.807, 2.05) is 92.8 Å². The van der Waals surface area contributed by atoms with E-state index in [0.29, 0.717) is 0 Å². The van der Waals surface area contributed by atoms with Crippen LogP contribution in [0.1, 0.15) is 12.5 Å². The van der Waals surface area contributed by atoms with Gasteiger partial charge in [0.25, 0.3) is 0 Å². The van der Waals surface area contributed by atoms with Crippen molar-refractivity contribution < 1.29 is 10.1 Å². The molecule has 0 spiro atoms. The van der Waals surface area contributed by atoms with Gasteiger partial charge in [-0.3, -0.25) is 5.01 Å². The Balaban J connectivity index is 1.63. The van der Waals surface area contributed by atoms with Crippen LogP contribution in [0.4, 0.5) is 22.7 Å². The van der Waals surface area contributed by atoms with Crippen LogP contribution in [-0.2, 0) is 0 Å². The quantitative estimate of drug-likeness (QED) is 0.210. The average molecular weight is 428 g/mol. The molecular weight excluding hydrogens is 396 g/mol. The largest absolute Gasteiger partial charge is 0.497 e. The Morgan fingerprint density at radius 1 is 1.00 bits per heavy atom. The number of anilines is 3. The molecule has 0 aliphatic carbocycles. The van der Waals surface area contributed by atoms with Gasteiger partial charge in [0.2, 0.25) is 0 Å². The molecule has 0 amide bonds. The summed E-state index contributed by atoms with van der Waals surface area (Å²) >= 11 is 0. The van der Waals surface area contributed by atoms with Gasteiger partial charge in [-0.15, -0.1) is 0 Å². The van der Waals surface area contributed by atoms with E-state index in [2.05, 4.69) is 35.4 Å². The molecule has 0 atom stereocenters. The molecule has 0 heterocycles. The maximum Gasteiger partial charge on any atom is 0.136 e. The molecule has 5 heteroatoms. The van der Waals surface area contributed by atoms with E-state index in [1.165, 1.54) is 5.69 Å². The predicted molar refractivity (Wildman–Crippen MR) is 136 cm³/mol. The Labute approximate surface area is 190 Å². The topological polar surface area (TPSA) is 53.5 Å². The normalized spacial score (nSPS) is 11.4. The maximum atomic E-state index is 5.20. The van der Waals surface area contributed by atoms with E-state index >= 15 is 0 Å². The molecule has 0 fully saturated rings. The van der Waals surface area contributed by atoms with E-state index in [1.54, 1.807) is 7.11 Å². The molecule has 0 aliphatic rings. The van der Waals surface area contributed by atoms with Crippen LogP contribution in [0.25, 0.3) is 6.08 Å². The highest BCUT2D eigenvalue weighted by Gasteiger charge is 2.04. The molecule has 3 aromatic rings. The fourth-order valence-corrected chi connectivity index (χ4v) is 3.19. The molecule has 164 valence electrons. The van der Waals surface area contributed by atoms with E-state index in [0.717, 1.165) is 39.7 Å². The summed E-state index contributed by atoms with van der Waals surface area (Å²) < 4.78 is 5.20. The Morgan fingerprint density at radius 2 is 1.62 bits per heavy atom. The minimum atomic E-state index is 0.838. The van der Waals surface area contributed by atoms with Crippen LogP contribution >= 0.6 is 0 Å². The fourth-order valence-electron chi connectivity index (χ4n) is 3.19. The molecule has 3 rings (SSSR count). The zero-order valence-electron chi connectivity index (χ0n) is 19.2. The van der Waals surface area contributed by atoms with Crippen LogP contribution in [0.5, 0.6) is 5.75 Å². The first-order valence-corrected chi connectivity index (χ1v) is 10.6. The van der Waals surface area contributed by atoms with Gasteiger partial charge in [-0.25, -0.2) is 0 Å². The van der Waals surface area contributed by atoms with E-state index in [-0.39, 0.29) is 0 Å². The zero-order chi connectivity index (χ0) is 22.9. The molecule has 32 heavy (non-hydrogen) atoms. The second-order valence-electron chi connectivity index (χ2n) is 7.39. The fraction of sp³-hybridized carbons (Fsp3) is 0.148. The van der Waals surface area contributed by atoms with Gasteiger partial charge in [0.1, 0.15) is 11.4 Å². The number of benzene rings is 3. The molecule has 0 radical (unpaired) electrons. The van der Waals surface area contributed by atoms with Crippen molar-refractivity contribution in [3.05, 3.63) is 96.6 Å². The molecule has 3 aromatic carbocycles. The van der Waals surface area contributed by atoms with Gasteiger partial charge in [-0.05, 0) is 79.2 Å². The monoisotopic (exact) mass is 427 g/mol. The smallest absolute Gasteiger partial charge is 0.136 e. The van der Waals surface area contributed by atoms with Gasteiger partial charge in [-0.2, -0.15) is 5.10 Å². The number of nitrogens with zero attached hydrogens (tertiary/aromatic N) is 2. The summed E-state index contributed by atoms with van der Waals surface area (Å²) in [7, 11) is 5.65. The Morgan fingerprint density at radius 3 is 2.25 bits per heavy atom. The molecule has 5 nitrogen and oxygen atoms in total. The number of nitrogens with one attached hydrogen (secondary N) is 1. The number of para-hydroxylation sites is 1. The van der Waals surface area contributed by atoms with Gasteiger partial charge in [0, 0.05) is 24.0 Å². The maximum absolute atomic E-state index is 5.20. The highest BCUT2D eigenvalue weighted by molar-refractivity contribution is 6.01. The lowest BCUT2D eigenvalue weighted by Crippen LogP contribution is -2.73. The molecule has 0 aromatic heterocycles. The van der Waals surface area contributed by atoms with Gasteiger partial charge >= 0.3 is 0 Å². The minimum Gasteiger partial charge on any atom is -0.497 e. The highest BCUT2D eigenvalue weighted by atomic mass is 16.5. The van der Waals surface area contributed by atoms with Crippen LogP contribution in [-0.4, -0.2) is 26.9 Å². The Bertz CT molecular complexity index is 1100. The van der Waals surface area contributed by atoms with Crippen molar-refractivity contribution in [3.63, 3.8) is 0 Å². The van der Waals surface area contributed by atoms with Gasteiger partial charge in [0.05, 0.1) is 25.6 Å². The summed E-state index contributed by atoms with van der Waals surface area (Å²) in [6.45, 7) is 6.14. The van der Waals surface area contributed by atoms with Crippen molar-refractivity contribution in [1.82, 2.24) is 0 Å². The van der Waals surface area contributed by atoms with Crippen molar-refractivity contribution in [2.45, 2.75) is 6.92 Å². The standard InChI is InChI=1S/C27H30N4O/c1-20(10-11-22-8-6-7-9-27(22)28-3)21(2)30-31(4)25-16-12-23(13-17-25)29-24-14-18-26(32-5)19-15-24/h6-19,28-29H,1H2,2-5H3/p+1. The number of methoxy groups -OCH3 is 1. The SMILES string of the molecule is C=C(C=Cc1ccccc1[NH2+]C)C(C)=NN(C)c1ccc(Nc2ccc(OC)cc2)cc1. The number of nitrogens with two attached hydrogens (primary N) is 1. The van der Waals surface area contributed by atoms with E-state index in [4.69, 9.17) is 9.84 Å². The first-order valence-electron chi connectivity index (χ1n) is 10.6. The summed E-state index contributed by atoms with van der Waals surface area (Å²) in [5.74, 6) is 0.838. The first-order chi connectivity index (χ1) is 15.5. The second kappa shape index (κ2) is 11.0. The van der Waals surface area contributed by atoms with Gasteiger partial charge in [0.15, 0.2) is 0 Å². The van der Waals surface area contributed by atoms with Crippen molar-refractivity contribution in [3.8, 4) is 5.75 Å². The number of rotatable bonds is 9. The molecule has 0 unspecified atom stereocenters. The summed E-state index contributed by atoms with van der Waals surface area (Å²) in [6, 6.07) is 24.3. The van der Waals surface area contributed by atoms with Crippen LogP contribution in [0.2, 0.25) is 0 Å². The van der Waals surface area contributed by atoms with Crippen molar-refractivity contribution in [2.24, 2.45) is 5.10 Å². The highest BCUT2D eigenvalue weighted by Crippen LogP contribution is 2.23. The van der Waals surface area contributed by atoms with Crippen LogP contribution in [0, 0.1) is 0 Å². The van der Waals surface area contributed by atoms with E-state index < -0.39 is 0 Å². The van der Waals surface area contributed by atoms with Gasteiger partial charge in [-0.1, -0.05) is 24.8 Å². The summed E-state index contributed by atoms with van der Waals surface area (Å²) in [4.78, 5) is 0. The summed E-state index contributed by atoms with van der Waals surface area (Å²) in [6.07, 6.45) is 4.09. The molecule has 0 saturated carbocycles. The lowest BCUT2D eigenvalue weighted by atomic mass is 10.1. The third-order valence-corrected chi connectivity index (χ3v) is 5.16. The third kappa shape index (κ3) is 6.09. The third-order valence-electron chi connectivity index (χ3n) is 5.16. The number of hydrogen-bond donors (Lipinski definition) is 2.